The van der Waals surface area contributed by atoms with E-state index in [1.54, 1.807) is 43.5 Å². The van der Waals surface area contributed by atoms with Crippen LogP contribution in [0.1, 0.15) is 108 Å². The average molecular weight is 806 g/mol. The van der Waals surface area contributed by atoms with Crippen LogP contribution in [0.25, 0.3) is 22.0 Å². The first kappa shape index (κ1) is 42.9. The smallest absolute Gasteiger partial charge is 0.407 e. The van der Waals surface area contributed by atoms with Crippen molar-refractivity contribution in [1.82, 2.24) is 20.5 Å². The minimum Gasteiger partial charge on any atom is -0.449 e. The van der Waals surface area contributed by atoms with E-state index in [4.69, 9.17) is 9.47 Å². The number of aryl methyl sites for hydroxylation is 2. The Morgan fingerprint density at radius 1 is 0.814 bits per heavy atom. The van der Waals surface area contributed by atoms with Gasteiger partial charge >= 0.3 is 12.2 Å². The zero-order valence-electron chi connectivity index (χ0n) is 35.0. The number of pyridine rings is 1. The molecule has 0 bridgehead atoms. The third-order valence-electron chi connectivity index (χ3n) is 11.4. The quantitative estimate of drug-likeness (QED) is 0.0881. The van der Waals surface area contributed by atoms with Crippen LogP contribution in [0.15, 0.2) is 77.6 Å². The number of hydrogen-bond acceptors (Lipinski definition) is 7. The largest absolute Gasteiger partial charge is 0.449 e. The lowest BCUT2D eigenvalue weighted by Crippen LogP contribution is -2.53. The first-order valence-corrected chi connectivity index (χ1v) is 21.1. The van der Waals surface area contributed by atoms with Gasteiger partial charge in [-0.15, -0.1) is 0 Å². The van der Waals surface area contributed by atoms with Crippen molar-refractivity contribution in [3.05, 3.63) is 99.8 Å². The number of benzene rings is 3. The van der Waals surface area contributed by atoms with Gasteiger partial charge in [0.1, 0.15) is 24.3 Å². The van der Waals surface area contributed by atoms with Crippen LogP contribution in [-0.4, -0.2) is 59.4 Å². The number of rotatable bonds is 15. The summed E-state index contributed by atoms with van der Waals surface area (Å²) in [5.41, 5.74) is 5.68. The normalized spacial score (nSPS) is 15.1. The summed E-state index contributed by atoms with van der Waals surface area (Å²) >= 11 is 0. The summed E-state index contributed by atoms with van der Waals surface area (Å²) in [4.78, 5) is 66.9. The molecule has 0 radical (unpaired) electrons. The number of amides is 4. The molecule has 2 aliphatic carbocycles. The Balaban J connectivity index is 1.17. The highest BCUT2D eigenvalue weighted by Gasteiger charge is 2.32. The number of carbonyl (C=O) groups excluding carboxylic acids is 4. The lowest BCUT2D eigenvalue weighted by molar-refractivity contribution is -0.128. The van der Waals surface area contributed by atoms with Crippen LogP contribution in [0.5, 0.6) is 0 Å². The van der Waals surface area contributed by atoms with E-state index in [1.165, 1.54) is 0 Å². The lowest BCUT2D eigenvalue weighted by atomic mass is 9.84. The highest BCUT2D eigenvalue weighted by atomic mass is 16.6. The van der Waals surface area contributed by atoms with E-state index in [1.807, 2.05) is 44.2 Å². The van der Waals surface area contributed by atoms with Crippen molar-refractivity contribution >= 4 is 40.6 Å². The van der Waals surface area contributed by atoms with Gasteiger partial charge in [0.05, 0.1) is 5.52 Å². The van der Waals surface area contributed by atoms with Crippen molar-refractivity contribution < 1.29 is 28.7 Å². The van der Waals surface area contributed by atoms with Crippen LogP contribution in [0.4, 0.5) is 15.3 Å². The van der Waals surface area contributed by atoms with Crippen LogP contribution in [0, 0.1) is 12.8 Å². The second kappa shape index (κ2) is 19.4. The van der Waals surface area contributed by atoms with Crippen molar-refractivity contribution in [2.24, 2.45) is 5.92 Å². The zero-order valence-corrected chi connectivity index (χ0v) is 35.0. The fourth-order valence-electron chi connectivity index (χ4n) is 8.47. The van der Waals surface area contributed by atoms with Crippen molar-refractivity contribution in [3.63, 3.8) is 0 Å². The summed E-state index contributed by atoms with van der Waals surface area (Å²) in [7, 11) is 0. The second-order valence-electron chi connectivity index (χ2n) is 16.9. The minimum atomic E-state index is -0.969. The molecule has 2 aliphatic rings. The van der Waals surface area contributed by atoms with Gasteiger partial charge in [0.2, 0.25) is 11.8 Å². The summed E-state index contributed by atoms with van der Waals surface area (Å²) in [5, 5.41) is 12.5. The zero-order chi connectivity index (χ0) is 42.1. The minimum absolute atomic E-state index is 0.108. The monoisotopic (exact) mass is 805 g/mol. The predicted molar refractivity (Wildman–Crippen MR) is 230 cm³/mol. The number of fused-ring (bicyclic) bond motifs is 4. The molecule has 314 valence electrons. The van der Waals surface area contributed by atoms with E-state index in [9.17, 15) is 24.0 Å². The number of unbranched alkanes of at least 4 members (excludes halogenated alkanes) is 1. The maximum atomic E-state index is 14.3. The number of ether oxygens (including phenoxy) is 2. The SMILES string of the molecule is CCn1c(=O)cc(C)c2ccc(NC(=O)[C@H](CCCCNC(=O)OC(C)(C)C)NC(=O)[C@H](CC3CCCCC3)NC(=O)OCC3c4ccccc4-c4ccccc43)cc21. The van der Waals surface area contributed by atoms with Gasteiger partial charge in [-0.25, -0.2) is 9.59 Å². The molecular formula is C47H59N5O7. The van der Waals surface area contributed by atoms with Crippen molar-refractivity contribution in [3.8, 4) is 11.1 Å². The molecule has 1 fully saturated rings. The number of hydrogen-bond donors (Lipinski definition) is 4. The number of anilines is 1. The number of nitrogens with one attached hydrogen (secondary N) is 4. The summed E-state index contributed by atoms with van der Waals surface area (Å²) in [6.45, 7) is 10.0. The van der Waals surface area contributed by atoms with Crippen molar-refractivity contribution in [2.45, 2.75) is 123 Å². The summed E-state index contributed by atoms with van der Waals surface area (Å²) in [6, 6.07) is 21.4. The molecule has 1 saturated carbocycles. The fourth-order valence-corrected chi connectivity index (χ4v) is 8.47. The molecule has 3 aromatic carbocycles. The van der Waals surface area contributed by atoms with Crippen LogP contribution in [0.3, 0.4) is 0 Å². The molecule has 6 rings (SSSR count). The van der Waals surface area contributed by atoms with Gasteiger partial charge in [0, 0.05) is 36.1 Å². The Morgan fingerprint density at radius 2 is 1.49 bits per heavy atom. The van der Waals surface area contributed by atoms with Crippen LogP contribution >= 0.6 is 0 Å². The van der Waals surface area contributed by atoms with Gasteiger partial charge in [-0.1, -0.05) is 86.7 Å². The average Bonchev–Trinajstić information content (AvgIpc) is 3.52. The number of alkyl carbamates (subject to hydrolysis) is 2. The lowest BCUT2D eigenvalue weighted by Gasteiger charge is -2.28. The van der Waals surface area contributed by atoms with Gasteiger partial charge in [-0.3, -0.25) is 14.4 Å². The molecule has 12 nitrogen and oxygen atoms in total. The van der Waals surface area contributed by atoms with Gasteiger partial charge < -0.3 is 35.3 Å². The second-order valence-corrected chi connectivity index (χ2v) is 16.9. The van der Waals surface area contributed by atoms with Gasteiger partial charge in [0.15, 0.2) is 0 Å². The maximum absolute atomic E-state index is 14.3. The highest BCUT2D eigenvalue weighted by Crippen LogP contribution is 2.44. The Morgan fingerprint density at radius 3 is 2.15 bits per heavy atom. The highest BCUT2D eigenvalue weighted by molar-refractivity contribution is 5.99. The molecule has 0 spiro atoms. The first-order valence-electron chi connectivity index (χ1n) is 21.1. The van der Waals surface area contributed by atoms with Crippen LogP contribution in [0.2, 0.25) is 0 Å². The van der Waals surface area contributed by atoms with Crippen molar-refractivity contribution in [1.29, 1.82) is 0 Å². The topological polar surface area (TPSA) is 157 Å². The predicted octanol–water partition coefficient (Wildman–Crippen LogP) is 8.33. The van der Waals surface area contributed by atoms with E-state index >= 15 is 0 Å². The van der Waals surface area contributed by atoms with E-state index in [0.29, 0.717) is 43.6 Å². The number of aromatic nitrogens is 1. The third-order valence-corrected chi connectivity index (χ3v) is 11.4. The van der Waals surface area contributed by atoms with Gasteiger partial charge in [-0.2, -0.15) is 0 Å². The van der Waals surface area contributed by atoms with Gasteiger partial charge in [-0.05, 0) is 106 Å². The molecule has 4 amide bonds. The van der Waals surface area contributed by atoms with E-state index in [2.05, 4.69) is 45.5 Å². The molecule has 2 atom stereocenters. The standard InChI is InChI=1S/C47H59N5O7/c1-6-52-41-28-32(23-24-33(41)30(2)26-42(52)53)49-43(54)39(22-14-15-25-48-45(56)59-47(3,4)5)50-44(55)40(27-31-16-8-7-9-17-31)51-46(57)58-29-38-36-20-12-10-18-34(36)35-19-11-13-21-37(35)38/h10-13,18-21,23-24,26,28,31,38-40H,6-9,14-17,22,25,27,29H2,1-5H3,(H,48,56)(H,49,54)(H,50,55)(H,51,57)/t39-,40-/m0/s1. The van der Waals surface area contributed by atoms with Crippen molar-refractivity contribution in [2.75, 3.05) is 18.5 Å². The molecule has 12 heteroatoms. The molecule has 0 saturated heterocycles. The summed E-state index contributed by atoms with van der Waals surface area (Å²) in [6.07, 6.45) is 5.66. The van der Waals surface area contributed by atoms with E-state index < -0.39 is 41.7 Å². The number of nitrogens with zero attached hydrogens (tertiary/aromatic N) is 1. The molecular weight excluding hydrogens is 747 g/mol. The molecule has 1 aromatic heterocycles. The molecule has 0 unspecified atom stereocenters. The Kier molecular flexibility index (Phi) is 14.1. The Bertz CT molecular complexity index is 2160. The third kappa shape index (κ3) is 11.1. The Labute approximate surface area is 346 Å². The van der Waals surface area contributed by atoms with Gasteiger partial charge in [0.25, 0.3) is 5.56 Å². The summed E-state index contributed by atoms with van der Waals surface area (Å²) in [5.74, 6) is -0.807. The Hall–Kier alpha value is -5.65. The van der Waals surface area contributed by atoms with Crippen LogP contribution in [-0.2, 0) is 25.6 Å². The molecule has 59 heavy (non-hydrogen) atoms. The molecule has 1 heterocycles. The fraction of sp³-hybridized carbons (Fsp3) is 0.468. The maximum Gasteiger partial charge on any atom is 0.407 e. The first-order chi connectivity index (χ1) is 28.3. The van der Waals surface area contributed by atoms with E-state index in [-0.39, 0.29) is 30.4 Å². The summed E-state index contributed by atoms with van der Waals surface area (Å²) < 4.78 is 12.9. The molecule has 4 aromatic rings. The molecule has 0 aliphatic heterocycles. The van der Waals surface area contributed by atoms with E-state index in [0.717, 1.165) is 65.3 Å². The number of carbonyl (C=O) groups is 4. The molecule has 4 N–H and O–H groups in total. The van der Waals surface area contributed by atoms with Crippen LogP contribution < -0.4 is 26.8 Å².